The molecule has 0 saturated heterocycles. The van der Waals surface area contributed by atoms with Crippen molar-refractivity contribution in [2.24, 2.45) is 0 Å². The lowest BCUT2D eigenvalue weighted by molar-refractivity contribution is 0.0691. The fraction of sp³-hybridized carbons (Fsp3) is 0. The summed E-state index contributed by atoms with van der Waals surface area (Å²) in [5.41, 5.74) is -0.0385. The number of carbonyl (C=O) groups is 2. The van der Waals surface area contributed by atoms with E-state index in [0.29, 0.717) is 17.6 Å². The molecule has 2 aromatic rings. The SMILES string of the molecule is O=Cc1ccc(-c2ccc(F)c(C(=O)O)c2)o1. The molecule has 17 heavy (non-hydrogen) atoms. The predicted octanol–water partition coefficient (Wildman–Crippen LogP) is 2.60. The van der Waals surface area contributed by atoms with Crippen LogP contribution in [0.1, 0.15) is 20.9 Å². The topological polar surface area (TPSA) is 67.5 Å². The van der Waals surface area contributed by atoms with Crippen molar-refractivity contribution in [1.29, 1.82) is 0 Å². The van der Waals surface area contributed by atoms with Crippen molar-refractivity contribution >= 4 is 12.3 Å². The summed E-state index contributed by atoms with van der Waals surface area (Å²) in [5, 5.41) is 8.76. The Morgan fingerprint density at radius 2 is 2.06 bits per heavy atom. The highest BCUT2D eigenvalue weighted by atomic mass is 19.1. The van der Waals surface area contributed by atoms with Gasteiger partial charge in [0, 0.05) is 5.56 Å². The van der Waals surface area contributed by atoms with Crippen LogP contribution in [0.4, 0.5) is 4.39 Å². The van der Waals surface area contributed by atoms with Crippen LogP contribution in [0.2, 0.25) is 0 Å². The normalized spacial score (nSPS) is 10.2. The summed E-state index contributed by atoms with van der Waals surface area (Å²) in [4.78, 5) is 21.2. The Balaban J connectivity index is 2.49. The van der Waals surface area contributed by atoms with Crippen molar-refractivity contribution in [2.75, 3.05) is 0 Å². The number of hydrogen-bond acceptors (Lipinski definition) is 3. The van der Waals surface area contributed by atoms with E-state index in [1.165, 1.54) is 18.2 Å². The molecule has 0 spiro atoms. The van der Waals surface area contributed by atoms with Crippen LogP contribution in [0.15, 0.2) is 34.7 Å². The number of hydrogen-bond donors (Lipinski definition) is 1. The van der Waals surface area contributed by atoms with Crippen LogP contribution < -0.4 is 0 Å². The van der Waals surface area contributed by atoms with E-state index in [9.17, 15) is 14.0 Å². The summed E-state index contributed by atoms with van der Waals surface area (Å²) in [6.45, 7) is 0. The summed E-state index contributed by atoms with van der Waals surface area (Å²) in [6.07, 6.45) is 0.533. The molecular formula is C12H7FO4. The highest BCUT2D eigenvalue weighted by Crippen LogP contribution is 2.23. The molecule has 0 amide bonds. The zero-order chi connectivity index (χ0) is 12.4. The van der Waals surface area contributed by atoms with E-state index in [-0.39, 0.29) is 5.76 Å². The van der Waals surface area contributed by atoms with E-state index < -0.39 is 17.3 Å². The van der Waals surface area contributed by atoms with Gasteiger partial charge in [-0.2, -0.15) is 0 Å². The molecule has 86 valence electrons. The lowest BCUT2D eigenvalue weighted by atomic mass is 10.1. The van der Waals surface area contributed by atoms with Gasteiger partial charge in [0.15, 0.2) is 12.0 Å². The molecule has 1 aromatic carbocycles. The first-order valence-corrected chi connectivity index (χ1v) is 4.70. The number of aldehydes is 1. The van der Waals surface area contributed by atoms with Gasteiger partial charge in [-0.25, -0.2) is 9.18 Å². The quantitative estimate of drug-likeness (QED) is 0.829. The van der Waals surface area contributed by atoms with E-state index in [0.717, 1.165) is 12.1 Å². The van der Waals surface area contributed by atoms with Crippen molar-refractivity contribution in [3.05, 3.63) is 47.5 Å². The lowest BCUT2D eigenvalue weighted by Crippen LogP contribution is -2.00. The highest BCUT2D eigenvalue weighted by Gasteiger charge is 2.13. The number of furan rings is 1. The van der Waals surface area contributed by atoms with Crippen LogP contribution in [-0.4, -0.2) is 17.4 Å². The Bertz CT molecular complexity index is 586. The molecular weight excluding hydrogens is 227 g/mol. The molecule has 0 atom stereocenters. The van der Waals surface area contributed by atoms with Crippen LogP contribution in [0.3, 0.4) is 0 Å². The van der Waals surface area contributed by atoms with Crippen LogP contribution in [-0.2, 0) is 0 Å². The molecule has 0 fully saturated rings. The minimum atomic E-state index is -1.36. The van der Waals surface area contributed by atoms with Gasteiger partial charge in [0.25, 0.3) is 0 Å². The minimum absolute atomic E-state index is 0.126. The number of carboxylic acids is 1. The van der Waals surface area contributed by atoms with E-state index >= 15 is 0 Å². The maximum absolute atomic E-state index is 13.1. The first-order valence-electron chi connectivity index (χ1n) is 4.70. The van der Waals surface area contributed by atoms with Gasteiger partial charge >= 0.3 is 5.97 Å². The summed E-state index contributed by atoms with van der Waals surface area (Å²) < 4.78 is 18.2. The zero-order valence-corrected chi connectivity index (χ0v) is 8.51. The molecule has 2 rings (SSSR count). The number of halogens is 1. The lowest BCUT2D eigenvalue weighted by Gasteiger charge is -2.00. The smallest absolute Gasteiger partial charge is 0.338 e. The van der Waals surface area contributed by atoms with E-state index in [1.54, 1.807) is 0 Å². The van der Waals surface area contributed by atoms with E-state index in [4.69, 9.17) is 9.52 Å². The molecule has 0 aliphatic carbocycles. The maximum atomic E-state index is 13.1. The molecule has 1 N–H and O–H groups in total. The first kappa shape index (κ1) is 11.1. The Morgan fingerprint density at radius 3 is 2.65 bits per heavy atom. The summed E-state index contributed by atoms with van der Waals surface area (Å²) in [7, 11) is 0. The average Bonchev–Trinajstić information content (AvgIpc) is 2.78. The monoisotopic (exact) mass is 234 g/mol. The minimum Gasteiger partial charge on any atom is -0.478 e. The van der Waals surface area contributed by atoms with Crippen molar-refractivity contribution in [2.45, 2.75) is 0 Å². The molecule has 5 heteroatoms. The fourth-order valence-electron chi connectivity index (χ4n) is 1.41. The number of carbonyl (C=O) groups excluding carboxylic acids is 1. The number of carboxylic acid groups (broad SMARTS) is 1. The molecule has 1 aromatic heterocycles. The summed E-state index contributed by atoms with van der Waals surface area (Å²) >= 11 is 0. The van der Waals surface area contributed by atoms with E-state index in [1.807, 2.05) is 0 Å². The molecule has 4 nitrogen and oxygen atoms in total. The number of rotatable bonds is 3. The Morgan fingerprint density at radius 1 is 1.29 bits per heavy atom. The number of benzene rings is 1. The van der Waals surface area contributed by atoms with Crippen molar-refractivity contribution in [3.63, 3.8) is 0 Å². The second kappa shape index (κ2) is 4.21. The molecule has 0 radical (unpaired) electrons. The van der Waals surface area contributed by atoms with Gasteiger partial charge in [-0.05, 0) is 30.3 Å². The molecule has 0 unspecified atom stereocenters. The third kappa shape index (κ3) is 2.08. The molecule has 0 bridgehead atoms. The summed E-state index contributed by atoms with van der Waals surface area (Å²) in [6, 6.07) is 6.55. The van der Waals surface area contributed by atoms with Crippen LogP contribution >= 0.6 is 0 Å². The maximum Gasteiger partial charge on any atom is 0.338 e. The third-order valence-corrected chi connectivity index (χ3v) is 2.22. The van der Waals surface area contributed by atoms with Crippen LogP contribution in [0, 0.1) is 5.82 Å². The Labute approximate surface area is 95.3 Å². The molecule has 0 saturated carbocycles. The predicted molar refractivity (Wildman–Crippen MR) is 56.4 cm³/mol. The van der Waals surface area contributed by atoms with Gasteiger partial charge in [0.2, 0.25) is 0 Å². The fourth-order valence-corrected chi connectivity index (χ4v) is 1.41. The third-order valence-electron chi connectivity index (χ3n) is 2.22. The standard InChI is InChI=1S/C12H7FO4/c13-10-3-1-7(5-9(10)12(15)16)11-4-2-8(6-14)17-11/h1-6H,(H,15,16). The van der Waals surface area contributed by atoms with Crippen molar-refractivity contribution in [1.82, 2.24) is 0 Å². The van der Waals surface area contributed by atoms with Gasteiger partial charge in [-0.15, -0.1) is 0 Å². The van der Waals surface area contributed by atoms with Gasteiger partial charge in [-0.3, -0.25) is 4.79 Å². The van der Waals surface area contributed by atoms with Gasteiger partial charge in [-0.1, -0.05) is 0 Å². The number of aromatic carboxylic acids is 1. The second-order valence-corrected chi connectivity index (χ2v) is 3.32. The van der Waals surface area contributed by atoms with Gasteiger partial charge < -0.3 is 9.52 Å². The van der Waals surface area contributed by atoms with E-state index in [2.05, 4.69) is 0 Å². The van der Waals surface area contributed by atoms with Crippen molar-refractivity contribution in [3.8, 4) is 11.3 Å². The largest absolute Gasteiger partial charge is 0.478 e. The Kier molecular flexibility index (Phi) is 2.74. The van der Waals surface area contributed by atoms with Crippen LogP contribution in [0.25, 0.3) is 11.3 Å². The molecule has 0 aliphatic heterocycles. The Hall–Kier alpha value is -2.43. The van der Waals surface area contributed by atoms with Gasteiger partial charge in [0.05, 0.1) is 5.56 Å². The molecule has 1 heterocycles. The van der Waals surface area contributed by atoms with Gasteiger partial charge in [0.1, 0.15) is 11.6 Å². The highest BCUT2D eigenvalue weighted by molar-refractivity contribution is 5.89. The zero-order valence-electron chi connectivity index (χ0n) is 8.51. The second-order valence-electron chi connectivity index (χ2n) is 3.32. The first-order chi connectivity index (χ1) is 8.11. The summed E-state index contributed by atoms with van der Waals surface area (Å²) in [5.74, 6) is -1.73. The van der Waals surface area contributed by atoms with Crippen LogP contribution in [0.5, 0.6) is 0 Å². The average molecular weight is 234 g/mol. The molecule has 0 aliphatic rings. The van der Waals surface area contributed by atoms with Crippen molar-refractivity contribution < 1.29 is 23.5 Å².